The van der Waals surface area contributed by atoms with Crippen LogP contribution in [0.15, 0.2) is 48.7 Å². The van der Waals surface area contributed by atoms with Crippen molar-refractivity contribution in [3.05, 3.63) is 65.0 Å². The van der Waals surface area contributed by atoms with Crippen molar-refractivity contribution in [2.75, 3.05) is 31.2 Å². The summed E-state index contributed by atoms with van der Waals surface area (Å²) in [5, 5.41) is 12.2. The average Bonchev–Trinajstić information content (AvgIpc) is 2.57. The summed E-state index contributed by atoms with van der Waals surface area (Å²) in [7, 11) is 0. The maximum absolute atomic E-state index is 12.2. The fourth-order valence-electron chi connectivity index (χ4n) is 2.51. The van der Waals surface area contributed by atoms with Crippen LogP contribution in [0.3, 0.4) is 0 Å². The van der Waals surface area contributed by atoms with E-state index >= 15 is 0 Å². The second-order valence-electron chi connectivity index (χ2n) is 5.21. The van der Waals surface area contributed by atoms with E-state index in [9.17, 15) is 5.21 Å². The third-order valence-electron chi connectivity index (χ3n) is 3.59. The maximum Gasteiger partial charge on any atom is 0.185 e. The Morgan fingerprint density at radius 3 is 2.68 bits per heavy atom. The first kappa shape index (κ1) is 14.5. The zero-order chi connectivity index (χ0) is 15.2. The Balaban J connectivity index is 1.80. The van der Waals surface area contributed by atoms with Crippen LogP contribution in [0.5, 0.6) is 0 Å². The van der Waals surface area contributed by atoms with Gasteiger partial charge in [-0.1, -0.05) is 30.3 Å². The van der Waals surface area contributed by atoms with Gasteiger partial charge in [-0.3, -0.25) is 0 Å². The molecule has 1 saturated heterocycles. The Morgan fingerprint density at radius 1 is 1.14 bits per heavy atom. The molecule has 0 atom stereocenters. The molecule has 114 valence electrons. The number of rotatable bonds is 4. The highest BCUT2D eigenvalue weighted by Gasteiger charge is 2.16. The molecule has 0 saturated carbocycles. The fourth-order valence-corrected chi connectivity index (χ4v) is 2.51. The van der Waals surface area contributed by atoms with E-state index in [2.05, 4.69) is 9.88 Å². The van der Waals surface area contributed by atoms with Gasteiger partial charge in [0.15, 0.2) is 12.8 Å². The largest absolute Gasteiger partial charge is 0.624 e. The van der Waals surface area contributed by atoms with Crippen molar-refractivity contribution in [2.24, 2.45) is 0 Å². The van der Waals surface area contributed by atoms with Gasteiger partial charge in [-0.25, -0.2) is 9.72 Å². The van der Waals surface area contributed by atoms with Gasteiger partial charge < -0.3 is 14.8 Å². The number of hydrogen-bond acceptors (Lipinski definition) is 4. The highest BCUT2D eigenvalue weighted by molar-refractivity contribution is 5.83. The molecule has 0 spiro atoms. The van der Waals surface area contributed by atoms with E-state index in [1.165, 1.54) is 0 Å². The highest BCUT2D eigenvalue weighted by atomic mass is 16.5. The molecule has 0 amide bonds. The minimum atomic E-state index is 0.332. The first-order valence-electron chi connectivity index (χ1n) is 7.43. The molecule has 1 aromatic heterocycles. The van der Waals surface area contributed by atoms with Crippen LogP contribution in [-0.2, 0) is 11.3 Å². The summed E-state index contributed by atoms with van der Waals surface area (Å²) in [5.41, 5.74) is 1.83. The van der Waals surface area contributed by atoms with Gasteiger partial charge >= 0.3 is 0 Å². The lowest BCUT2D eigenvalue weighted by Crippen LogP contribution is -2.37. The number of anilines is 1. The topological polar surface area (TPSA) is 51.4 Å². The molecular weight excluding hydrogens is 278 g/mol. The minimum Gasteiger partial charge on any atom is -0.624 e. The SMILES string of the molecule is [O-]/[N+](=C\c1cccnc1N1CCOCC1)Cc1ccccc1. The van der Waals surface area contributed by atoms with Gasteiger partial charge in [0.1, 0.15) is 5.82 Å². The van der Waals surface area contributed by atoms with Crippen LogP contribution in [0.25, 0.3) is 0 Å². The summed E-state index contributed by atoms with van der Waals surface area (Å²) in [4.78, 5) is 6.59. The van der Waals surface area contributed by atoms with Gasteiger partial charge in [0.05, 0.1) is 18.8 Å². The Morgan fingerprint density at radius 2 is 1.91 bits per heavy atom. The second kappa shape index (κ2) is 7.04. The molecule has 1 aromatic carbocycles. The van der Waals surface area contributed by atoms with E-state index in [4.69, 9.17) is 4.74 Å². The summed E-state index contributed by atoms with van der Waals surface area (Å²) in [6, 6.07) is 13.5. The van der Waals surface area contributed by atoms with Crippen LogP contribution in [0.1, 0.15) is 11.1 Å². The number of morpholine rings is 1. The lowest BCUT2D eigenvalue weighted by molar-refractivity contribution is -0.469. The van der Waals surface area contributed by atoms with Crippen molar-refractivity contribution in [1.29, 1.82) is 0 Å². The molecule has 5 heteroatoms. The van der Waals surface area contributed by atoms with Gasteiger partial charge in [-0.2, -0.15) is 0 Å². The number of benzene rings is 1. The number of nitrogens with zero attached hydrogens (tertiary/aromatic N) is 3. The molecule has 1 fully saturated rings. The van der Waals surface area contributed by atoms with E-state index in [1.54, 1.807) is 12.4 Å². The summed E-state index contributed by atoms with van der Waals surface area (Å²) in [5.74, 6) is 0.847. The number of hydroxylamine groups is 1. The molecule has 3 rings (SSSR count). The number of aromatic nitrogens is 1. The van der Waals surface area contributed by atoms with E-state index in [-0.39, 0.29) is 0 Å². The number of pyridine rings is 1. The van der Waals surface area contributed by atoms with Crippen molar-refractivity contribution < 1.29 is 9.48 Å². The quantitative estimate of drug-likeness (QED) is 0.375. The van der Waals surface area contributed by atoms with Crippen LogP contribution in [0.4, 0.5) is 5.82 Å². The zero-order valence-electron chi connectivity index (χ0n) is 12.4. The third-order valence-corrected chi connectivity index (χ3v) is 3.59. The summed E-state index contributed by atoms with van der Waals surface area (Å²) < 4.78 is 6.32. The highest BCUT2D eigenvalue weighted by Crippen LogP contribution is 2.16. The first-order valence-corrected chi connectivity index (χ1v) is 7.43. The van der Waals surface area contributed by atoms with Crippen LogP contribution in [-0.4, -0.2) is 42.2 Å². The second-order valence-corrected chi connectivity index (χ2v) is 5.21. The van der Waals surface area contributed by atoms with Crippen LogP contribution in [0, 0.1) is 5.21 Å². The Kier molecular flexibility index (Phi) is 4.65. The standard InChI is InChI=1S/C17H19N3O2/c21-20(13-15-5-2-1-3-6-15)14-16-7-4-8-18-17(16)19-9-11-22-12-10-19/h1-8,14H,9-13H2/b20-14-. The Hall–Kier alpha value is -2.40. The van der Waals surface area contributed by atoms with E-state index in [1.807, 2.05) is 42.5 Å². The van der Waals surface area contributed by atoms with Crippen molar-refractivity contribution in [1.82, 2.24) is 4.98 Å². The van der Waals surface area contributed by atoms with E-state index in [0.717, 1.165) is 34.8 Å². The van der Waals surface area contributed by atoms with Crippen molar-refractivity contribution in [2.45, 2.75) is 6.54 Å². The number of ether oxygens (including phenoxy) is 1. The van der Waals surface area contributed by atoms with Crippen molar-refractivity contribution >= 4 is 12.0 Å². The monoisotopic (exact) mass is 297 g/mol. The van der Waals surface area contributed by atoms with Gasteiger partial charge in [0.2, 0.25) is 0 Å². The summed E-state index contributed by atoms with van der Waals surface area (Å²) >= 11 is 0. The lowest BCUT2D eigenvalue weighted by Gasteiger charge is -2.28. The maximum atomic E-state index is 12.2. The van der Waals surface area contributed by atoms with Crippen LogP contribution < -0.4 is 4.90 Å². The predicted molar refractivity (Wildman–Crippen MR) is 86.2 cm³/mol. The Bertz CT molecular complexity index is 637. The summed E-state index contributed by atoms with van der Waals surface area (Å²) in [6.07, 6.45) is 3.37. The third kappa shape index (κ3) is 3.62. The van der Waals surface area contributed by atoms with Crippen molar-refractivity contribution in [3.8, 4) is 0 Å². The number of hydrogen-bond donors (Lipinski definition) is 0. The Labute approximate surface area is 130 Å². The fraction of sp³-hybridized carbons (Fsp3) is 0.294. The van der Waals surface area contributed by atoms with Gasteiger partial charge in [-0.15, -0.1) is 0 Å². The molecule has 5 nitrogen and oxygen atoms in total. The molecule has 22 heavy (non-hydrogen) atoms. The molecule has 0 unspecified atom stereocenters. The molecule has 2 heterocycles. The summed E-state index contributed by atoms with van der Waals surface area (Å²) in [6.45, 7) is 3.32. The molecule has 1 aliphatic rings. The van der Waals surface area contributed by atoms with Crippen LogP contribution >= 0.6 is 0 Å². The van der Waals surface area contributed by atoms with Gasteiger partial charge in [0, 0.05) is 24.8 Å². The normalized spacial score (nSPS) is 15.8. The van der Waals surface area contributed by atoms with Crippen molar-refractivity contribution in [3.63, 3.8) is 0 Å². The molecule has 1 aliphatic heterocycles. The molecule has 0 radical (unpaired) electrons. The van der Waals surface area contributed by atoms with Gasteiger partial charge in [-0.05, 0) is 12.1 Å². The first-order chi connectivity index (χ1) is 10.8. The smallest absolute Gasteiger partial charge is 0.185 e. The van der Waals surface area contributed by atoms with E-state index in [0.29, 0.717) is 19.8 Å². The minimum absolute atomic E-state index is 0.332. The lowest BCUT2D eigenvalue weighted by atomic mass is 10.2. The van der Waals surface area contributed by atoms with Gasteiger partial charge in [0.25, 0.3) is 0 Å². The molecule has 2 aromatic rings. The zero-order valence-corrected chi connectivity index (χ0v) is 12.4. The average molecular weight is 297 g/mol. The van der Waals surface area contributed by atoms with E-state index < -0.39 is 0 Å². The molecule has 0 aliphatic carbocycles. The molecule has 0 bridgehead atoms. The predicted octanol–water partition coefficient (Wildman–Crippen LogP) is 2.05. The molecule has 0 N–H and O–H groups in total. The van der Waals surface area contributed by atoms with Crippen LogP contribution in [0.2, 0.25) is 0 Å². The molecular formula is C17H19N3O2.